The normalized spacial score (nSPS) is 11.2. The van der Waals surface area contributed by atoms with Gasteiger partial charge >= 0.3 is 0 Å². The number of nitrogens with zero attached hydrogens (tertiary/aromatic N) is 3. The molecule has 7 rings (SSSR count). The highest BCUT2D eigenvalue weighted by atomic mass is 16.1. The summed E-state index contributed by atoms with van der Waals surface area (Å²) in [7, 11) is 0. The van der Waals surface area contributed by atoms with Gasteiger partial charge in [-0.05, 0) is 37.3 Å². The first-order chi connectivity index (χ1) is 19.7. The van der Waals surface area contributed by atoms with E-state index in [0.717, 1.165) is 33.8 Å². The second-order valence-electron chi connectivity index (χ2n) is 9.88. The third-order valence-electron chi connectivity index (χ3n) is 7.35. The van der Waals surface area contributed by atoms with Crippen molar-refractivity contribution in [1.29, 1.82) is 0 Å². The maximum absolute atomic E-state index is 11.8. The van der Waals surface area contributed by atoms with E-state index in [1.54, 1.807) is 6.92 Å². The van der Waals surface area contributed by atoms with Gasteiger partial charge in [0.15, 0.2) is 11.6 Å². The van der Waals surface area contributed by atoms with Crippen molar-refractivity contribution >= 4 is 27.6 Å². The van der Waals surface area contributed by atoms with E-state index in [2.05, 4.69) is 77.4 Å². The third-order valence-corrected chi connectivity index (χ3v) is 7.35. The lowest BCUT2D eigenvalue weighted by Crippen LogP contribution is -1.97. The Morgan fingerprint density at radius 3 is 1.60 bits per heavy atom. The van der Waals surface area contributed by atoms with Crippen molar-refractivity contribution in [2.24, 2.45) is 0 Å². The predicted molar refractivity (Wildman–Crippen MR) is 163 cm³/mol. The fraction of sp³-hybridized carbons (Fsp3) is 0.0278. The molecule has 7 aromatic rings. The molecule has 0 unspecified atom stereocenters. The molecular formula is C36H25N3O. The summed E-state index contributed by atoms with van der Waals surface area (Å²) in [4.78, 5) is 21.7. The largest absolute Gasteiger partial charge is 0.309 e. The first kappa shape index (κ1) is 23.7. The lowest BCUT2D eigenvalue weighted by atomic mass is 10.0. The Balaban J connectivity index is 1.35. The second-order valence-corrected chi connectivity index (χ2v) is 9.88. The lowest BCUT2D eigenvalue weighted by molar-refractivity contribution is 0.101. The molecule has 0 saturated carbocycles. The quantitative estimate of drug-likeness (QED) is 0.215. The van der Waals surface area contributed by atoms with Crippen molar-refractivity contribution in [2.45, 2.75) is 6.92 Å². The van der Waals surface area contributed by atoms with Crippen molar-refractivity contribution in [3.8, 4) is 39.6 Å². The van der Waals surface area contributed by atoms with Crippen LogP contribution in [0.5, 0.6) is 0 Å². The zero-order valence-electron chi connectivity index (χ0n) is 22.0. The summed E-state index contributed by atoms with van der Waals surface area (Å²) >= 11 is 0. The lowest BCUT2D eigenvalue weighted by Gasteiger charge is -2.11. The van der Waals surface area contributed by atoms with E-state index in [-0.39, 0.29) is 5.78 Å². The van der Waals surface area contributed by atoms with Gasteiger partial charge in [0.1, 0.15) is 0 Å². The van der Waals surface area contributed by atoms with Gasteiger partial charge in [0.25, 0.3) is 0 Å². The number of para-hydroxylation sites is 2. The first-order valence-electron chi connectivity index (χ1n) is 13.3. The number of aromatic nitrogens is 3. The molecular weight excluding hydrogens is 490 g/mol. The Kier molecular flexibility index (Phi) is 5.79. The maximum atomic E-state index is 11.8. The van der Waals surface area contributed by atoms with Crippen molar-refractivity contribution in [2.75, 3.05) is 0 Å². The molecule has 2 heterocycles. The molecule has 40 heavy (non-hydrogen) atoms. The van der Waals surface area contributed by atoms with Crippen LogP contribution in [0.2, 0.25) is 0 Å². The fourth-order valence-corrected chi connectivity index (χ4v) is 5.32. The standard InChI is InChI=1S/C36H25N3O/c1-24(40)25-15-17-26(18-16-25)32-23-33(38-36(37-32)28-9-3-2-4-10-28)27-19-21-29(22-20-27)39-34-13-7-5-11-30(34)31-12-6-8-14-35(31)39/h2-23H,1H3. The Hall–Kier alpha value is -5.35. The van der Waals surface area contributed by atoms with Crippen molar-refractivity contribution in [1.82, 2.24) is 14.5 Å². The molecule has 0 atom stereocenters. The number of Topliss-reactive ketones (excluding diaryl/α,β-unsaturated/α-hetero) is 1. The van der Waals surface area contributed by atoms with Gasteiger partial charge in [-0.3, -0.25) is 4.79 Å². The molecule has 5 aromatic carbocycles. The van der Waals surface area contributed by atoms with E-state index < -0.39 is 0 Å². The van der Waals surface area contributed by atoms with Gasteiger partial charge < -0.3 is 4.57 Å². The number of ketones is 1. The van der Waals surface area contributed by atoms with Crippen LogP contribution in [0.25, 0.3) is 61.4 Å². The van der Waals surface area contributed by atoms with Gasteiger partial charge in [-0.25, -0.2) is 9.97 Å². The number of rotatable bonds is 5. The zero-order valence-corrected chi connectivity index (χ0v) is 22.0. The Morgan fingerprint density at radius 2 is 1.05 bits per heavy atom. The number of hydrogen-bond donors (Lipinski definition) is 0. The molecule has 0 saturated heterocycles. The number of carbonyl (C=O) groups excluding carboxylic acids is 1. The molecule has 0 amide bonds. The Labute approximate surface area is 232 Å². The van der Waals surface area contributed by atoms with Gasteiger partial charge in [-0.15, -0.1) is 0 Å². The molecule has 0 fully saturated rings. The highest BCUT2D eigenvalue weighted by Gasteiger charge is 2.14. The molecule has 190 valence electrons. The highest BCUT2D eigenvalue weighted by Crippen LogP contribution is 2.33. The smallest absolute Gasteiger partial charge is 0.160 e. The van der Waals surface area contributed by atoms with Crippen LogP contribution in [0.3, 0.4) is 0 Å². The van der Waals surface area contributed by atoms with E-state index in [4.69, 9.17) is 9.97 Å². The Morgan fingerprint density at radius 1 is 0.550 bits per heavy atom. The first-order valence-corrected chi connectivity index (χ1v) is 13.3. The van der Waals surface area contributed by atoms with E-state index in [1.165, 1.54) is 21.8 Å². The highest BCUT2D eigenvalue weighted by molar-refractivity contribution is 6.09. The van der Waals surface area contributed by atoms with Gasteiger partial charge in [-0.1, -0.05) is 103 Å². The van der Waals surface area contributed by atoms with E-state index in [0.29, 0.717) is 11.4 Å². The van der Waals surface area contributed by atoms with Crippen LogP contribution in [0.4, 0.5) is 0 Å². The summed E-state index contributed by atoms with van der Waals surface area (Å²) in [6, 6.07) is 45.2. The predicted octanol–water partition coefficient (Wildman–Crippen LogP) is 8.78. The molecule has 0 aliphatic rings. The van der Waals surface area contributed by atoms with Crippen molar-refractivity contribution in [3.05, 3.63) is 139 Å². The number of benzene rings is 5. The van der Waals surface area contributed by atoms with Crippen molar-refractivity contribution in [3.63, 3.8) is 0 Å². The van der Waals surface area contributed by atoms with Crippen LogP contribution >= 0.6 is 0 Å². The van der Waals surface area contributed by atoms with Gasteiger partial charge in [0, 0.05) is 38.7 Å². The van der Waals surface area contributed by atoms with Crippen LogP contribution in [-0.4, -0.2) is 20.3 Å². The molecule has 0 aliphatic heterocycles. The summed E-state index contributed by atoms with van der Waals surface area (Å²) < 4.78 is 2.31. The summed E-state index contributed by atoms with van der Waals surface area (Å²) in [5.41, 5.74) is 8.69. The Bertz CT molecular complexity index is 1950. The van der Waals surface area contributed by atoms with E-state index in [9.17, 15) is 4.79 Å². The van der Waals surface area contributed by atoms with E-state index in [1.807, 2.05) is 60.7 Å². The number of carbonyl (C=O) groups is 1. The molecule has 4 nitrogen and oxygen atoms in total. The fourth-order valence-electron chi connectivity index (χ4n) is 5.32. The van der Waals surface area contributed by atoms with Crippen LogP contribution < -0.4 is 0 Å². The minimum atomic E-state index is 0.0447. The van der Waals surface area contributed by atoms with E-state index >= 15 is 0 Å². The summed E-state index contributed by atoms with van der Waals surface area (Å²) in [6.07, 6.45) is 0. The minimum Gasteiger partial charge on any atom is -0.309 e. The number of hydrogen-bond acceptors (Lipinski definition) is 3. The van der Waals surface area contributed by atoms with Crippen LogP contribution in [0.15, 0.2) is 133 Å². The molecule has 0 bridgehead atoms. The van der Waals surface area contributed by atoms with Crippen LogP contribution in [0, 0.1) is 0 Å². The molecule has 0 spiro atoms. The minimum absolute atomic E-state index is 0.0447. The van der Waals surface area contributed by atoms with Gasteiger partial charge in [0.2, 0.25) is 0 Å². The maximum Gasteiger partial charge on any atom is 0.160 e. The van der Waals surface area contributed by atoms with Crippen LogP contribution in [-0.2, 0) is 0 Å². The monoisotopic (exact) mass is 515 g/mol. The summed E-state index contributed by atoms with van der Waals surface area (Å²) in [5.74, 6) is 0.707. The SMILES string of the molecule is CC(=O)c1ccc(-c2cc(-c3ccc(-n4c5ccccc5c5ccccc54)cc3)nc(-c3ccccc3)n2)cc1. The second kappa shape index (κ2) is 9.75. The molecule has 2 aromatic heterocycles. The molecule has 0 aliphatic carbocycles. The molecule has 4 heteroatoms. The average molecular weight is 516 g/mol. The van der Waals surface area contributed by atoms with Gasteiger partial charge in [-0.2, -0.15) is 0 Å². The topological polar surface area (TPSA) is 47.8 Å². The molecule has 0 N–H and O–H groups in total. The van der Waals surface area contributed by atoms with Crippen LogP contribution in [0.1, 0.15) is 17.3 Å². The molecule has 0 radical (unpaired) electrons. The van der Waals surface area contributed by atoms with Gasteiger partial charge in [0.05, 0.1) is 22.4 Å². The summed E-state index contributed by atoms with van der Waals surface area (Å²) in [5, 5.41) is 2.48. The number of fused-ring (bicyclic) bond motifs is 3. The average Bonchev–Trinajstić information content (AvgIpc) is 3.36. The third kappa shape index (κ3) is 4.16. The van der Waals surface area contributed by atoms with Crippen molar-refractivity contribution < 1.29 is 4.79 Å². The summed E-state index contributed by atoms with van der Waals surface area (Å²) in [6.45, 7) is 1.58. The zero-order chi connectivity index (χ0) is 27.1.